The van der Waals surface area contributed by atoms with Crippen LogP contribution < -0.4 is 11.1 Å². The Kier molecular flexibility index (Phi) is 7.99. The van der Waals surface area contributed by atoms with Crippen LogP contribution in [0.15, 0.2) is 0 Å². The molecule has 0 aromatic rings. The molecule has 2 unspecified atom stereocenters. The molecule has 0 heterocycles. The van der Waals surface area contributed by atoms with Gasteiger partial charge in [-0.3, -0.25) is 9.59 Å². The zero-order valence-corrected chi connectivity index (χ0v) is 11.4. The maximum atomic E-state index is 11.7. The van der Waals surface area contributed by atoms with Gasteiger partial charge in [0.2, 0.25) is 5.91 Å². The largest absolute Gasteiger partial charge is 0.480 e. The van der Waals surface area contributed by atoms with Crippen molar-refractivity contribution in [3.8, 4) is 0 Å². The summed E-state index contributed by atoms with van der Waals surface area (Å²) in [4.78, 5) is 22.2. The number of nitrogens with one attached hydrogen (secondary N) is 1. The molecule has 0 aromatic heterocycles. The monoisotopic (exact) mass is 262 g/mol. The van der Waals surface area contributed by atoms with Gasteiger partial charge < -0.3 is 16.2 Å². The maximum absolute atomic E-state index is 11.7. The Hall–Kier alpha value is -0.750. The third kappa shape index (κ3) is 7.23. The Balaban J connectivity index is 3.93. The third-order valence-corrected chi connectivity index (χ3v) is 3.59. The van der Waals surface area contributed by atoms with E-state index in [0.717, 1.165) is 12.8 Å². The van der Waals surface area contributed by atoms with Gasteiger partial charge >= 0.3 is 5.97 Å². The van der Waals surface area contributed by atoms with Crippen LogP contribution in [-0.2, 0) is 9.59 Å². The molecule has 0 aliphatic rings. The maximum Gasteiger partial charge on any atom is 0.321 e. The molecular weight excluding hydrogens is 240 g/mol. The van der Waals surface area contributed by atoms with E-state index in [-0.39, 0.29) is 23.0 Å². The van der Waals surface area contributed by atoms with Crippen molar-refractivity contribution < 1.29 is 14.7 Å². The summed E-state index contributed by atoms with van der Waals surface area (Å²) < 4.78 is 0. The molecule has 0 saturated carbocycles. The summed E-state index contributed by atoms with van der Waals surface area (Å²) in [5, 5.41) is 11.2. The van der Waals surface area contributed by atoms with E-state index in [2.05, 4.69) is 12.2 Å². The molecular formula is C11H22N2O3S. The van der Waals surface area contributed by atoms with Crippen LogP contribution in [0.5, 0.6) is 0 Å². The molecule has 0 radical (unpaired) electrons. The fraction of sp³-hybridized carbons (Fsp3) is 0.818. The first-order valence-electron chi connectivity index (χ1n) is 5.78. The SMILES string of the molecule is CCCC(C)NC(=O)C(C)SC[C@@H](N)C(=O)O. The molecule has 0 aliphatic heterocycles. The lowest BCUT2D eigenvalue weighted by atomic mass is 10.2. The summed E-state index contributed by atoms with van der Waals surface area (Å²) in [5.74, 6) is -0.857. The normalized spacial score (nSPS) is 16.0. The highest BCUT2D eigenvalue weighted by Gasteiger charge is 2.18. The lowest BCUT2D eigenvalue weighted by molar-refractivity contribution is -0.138. The number of thioether (sulfide) groups is 1. The van der Waals surface area contributed by atoms with Crippen LogP contribution in [0.2, 0.25) is 0 Å². The number of nitrogens with two attached hydrogens (primary N) is 1. The Morgan fingerprint density at radius 1 is 1.41 bits per heavy atom. The number of carboxylic acids is 1. The lowest BCUT2D eigenvalue weighted by Gasteiger charge is -2.17. The first-order chi connectivity index (χ1) is 7.88. The summed E-state index contributed by atoms with van der Waals surface area (Å²) in [7, 11) is 0. The molecule has 0 spiro atoms. The van der Waals surface area contributed by atoms with E-state index in [1.54, 1.807) is 6.92 Å². The van der Waals surface area contributed by atoms with Gasteiger partial charge in [-0.2, -0.15) is 0 Å². The Labute approximate surface area is 107 Å². The zero-order valence-electron chi connectivity index (χ0n) is 10.6. The number of carboxylic acid groups (broad SMARTS) is 1. The van der Waals surface area contributed by atoms with Crippen LogP contribution in [0.25, 0.3) is 0 Å². The predicted molar refractivity (Wildman–Crippen MR) is 70.0 cm³/mol. The van der Waals surface area contributed by atoms with Crippen LogP contribution in [-0.4, -0.2) is 40.1 Å². The van der Waals surface area contributed by atoms with E-state index < -0.39 is 12.0 Å². The fourth-order valence-electron chi connectivity index (χ4n) is 1.26. The Bertz CT molecular complexity index is 261. The van der Waals surface area contributed by atoms with Crippen molar-refractivity contribution in [1.29, 1.82) is 0 Å². The second kappa shape index (κ2) is 8.36. The molecule has 4 N–H and O–H groups in total. The number of amides is 1. The second-order valence-corrected chi connectivity index (χ2v) is 5.49. The number of rotatable bonds is 8. The number of carbonyl (C=O) groups excluding carboxylic acids is 1. The number of hydrogen-bond donors (Lipinski definition) is 3. The first-order valence-corrected chi connectivity index (χ1v) is 6.83. The van der Waals surface area contributed by atoms with Crippen molar-refractivity contribution in [2.45, 2.75) is 50.9 Å². The zero-order chi connectivity index (χ0) is 13.4. The molecule has 5 nitrogen and oxygen atoms in total. The van der Waals surface area contributed by atoms with Gasteiger partial charge in [0.25, 0.3) is 0 Å². The molecule has 0 rings (SSSR count). The van der Waals surface area contributed by atoms with Crippen LogP contribution in [0.3, 0.4) is 0 Å². The highest BCUT2D eigenvalue weighted by Crippen LogP contribution is 2.12. The predicted octanol–water partition coefficient (Wildman–Crippen LogP) is 0.825. The van der Waals surface area contributed by atoms with E-state index >= 15 is 0 Å². The highest BCUT2D eigenvalue weighted by atomic mass is 32.2. The lowest BCUT2D eigenvalue weighted by Crippen LogP contribution is -2.39. The Morgan fingerprint density at radius 2 is 2.00 bits per heavy atom. The summed E-state index contributed by atoms with van der Waals surface area (Å²) >= 11 is 1.26. The highest BCUT2D eigenvalue weighted by molar-refractivity contribution is 8.00. The smallest absolute Gasteiger partial charge is 0.321 e. The van der Waals surface area contributed by atoms with Crippen molar-refractivity contribution in [2.24, 2.45) is 5.73 Å². The third-order valence-electron chi connectivity index (χ3n) is 2.32. The molecule has 6 heteroatoms. The van der Waals surface area contributed by atoms with Gasteiger partial charge in [0, 0.05) is 11.8 Å². The number of hydrogen-bond acceptors (Lipinski definition) is 4. The molecule has 100 valence electrons. The van der Waals surface area contributed by atoms with Crippen molar-refractivity contribution in [3.63, 3.8) is 0 Å². The van der Waals surface area contributed by atoms with Crippen LogP contribution in [0, 0.1) is 0 Å². The van der Waals surface area contributed by atoms with Gasteiger partial charge in [-0.15, -0.1) is 11.8 Å². The average Bonchev–Trinajstić information content (AvgIpc) is 2.25. The summed E-state index contributed by atoms with van der Waals surface area (Å²) in [6.45, 7) is 5.78. The molecule has 3 atom stereocenters. The molecule has 17 heavy (non-hydrogen) atoms. The van der Waals surface area contributed by atoms with E-state index in [1.807, 2.05) is 6.92 Å². The van der Waals surface area contributed by atoms with Crippen LogP contribution in [0.1, 0.15) is 33.6 Å². The molecule has 0 aromatic carbocycles. The fourth-order valence-corrected chi connectivity index (χ4v) is 2.12. The minimum absolute atomic E-state index is 0.0615. The van der Waals surface area contributed by atoms with E-state index in [0.29, 0.717) is 0 Å². The number of aliphatic carboxylic acids is 1. The van der Waals surface area contributed by atoms with Gasteiger partial charge in [-0.05, 0) is 20.3 Å². The van der Waals surface area contributed by atoms with E-state index in [9.17, 15) is 9.59 Å². The van der Waals surface area contributed by atoms with Gasteiger partial charge in [0.05, 0.1) is 5.25 Å². The summed E-state index contributed by atoms with van der Waals surface area (Å²) in [5.41, 5.74) is 5.36. The molecule has 0 bridgehead atoms. The molecule has 0 aliphatic carbocycles. The van der Waals surface area contributed by atoms with Crippen molar-refractivity contribution >= 4 is 23.6 Å². The van der Waals surface area contributed by atoms with Gasteiger partial charge in [-0.25, -0.2) is 0 Å². The topological polar surface area (TPSA) is 92.4 Å². The summed E-state index contributed by atoms with van der Waals surface area (Å²) in [6, 6.07) is -0.757. The molecule has 0 saturated heterocycles. The Morgan fingerprint density at radius 3 is 2.47 bits per heavy atom. The molecule has 1 amide bonds. The van der Waals surface area contributed by atoms with Crippen LogP contribution in [0.4, 0.5) is 0 Å². The second-order valence-electron chi connectivity index (χ2n) is 4.12. The quantitative estimate of drug-likeness (QED) is 0.602. The van der Waals surface area contributed by atoms with Gasteiger partial charge in [-0.1, -0.05) is 13.3 Å². The minimum atomic E-state index is -1.04. The van der Waals surface area contributed by atoms with Gasteiger partial charge in [0.15, 0.2) is 0 Å². The minimum Gasteiger partial charge on any atom is -0.480 e. The van der Waals surface area contributed by atoms with Crippen LogP contribution >= 0.6 is 11.8 Å². The average molecular weight is 262 g/mol. The summed E-state index contributed by atoms with van der Waals surface area (Å²) in [6.07, 6.45) is 1.96. The van der Waals surface area contributed by atoms with E-state index in [1.165, 1.54) is 11.8 Å². The van der Waals surface area contributed by atoms with Crippen molar-refractivity contribution in [1.82, 2.24) is 5.32 Å². The van der Waals surface area contributed by atoms with Crippen molar-refractivity contribution in [2.75, 3.05) is 5.75 Å². The first kappa shape index (κ1) is 16.2. The molecule has 0 fully saturated rings. The van der Waals surface area contributed by atoms with E-state index in [4.69, 9.17) is 10.8 Å². The van der Waals surface area contributed by atoms with Crippen molar-refractivity contribution in [3.05, 3.63) is 0 Å². The number of carbonyl (C=O) groups is 2. The standard InChI is InChI=1S/C11H22N2O3S/c1-4-5-7(2)13-10(14)8(3)17-6-9(12)11(15)16/h7-9H,4-6,12H2,1-3H3,(H,13,14)(H,15,16)/t7?,8?,9-/m1/s1. The van der Waals surface area contributed by atoms with Gasteiger partial charge in [0.1, 0.15) is 6.04 Å².